The largest absolute Gasteiger partial charge is 0.486 e. The lowest BCUT2D eigenvalue weighted by molar-refractivity contribution is 0.0949. The number of aromatic nitrogens is 1. The van der Waals surface area contributed by atoms with E-state index in [-0.39, 0.29) is 5.91 Å². The van der Waals surface area contributed by atoms with Gasteiger partial charge in [-0.1, -0.05) is 30.0 Å². The minimum Gasteiger partial charge on any atom is -0.486 e. The van der Waals surface area contributed by atoms with Gasteiger partial charge in [-0.3, -0.25) is 4.79 Å². The number of hydrogen-bond acceptors (Lipinski definition) is 6. The number of hydrogen-bond donors (Lipinski definition) is 1. The number of fused-ring (bicyclic) bond motifs is 1. The monoisotopic (exact) mass is 435 g/mol. The molecule has 0 atom stereocenters. The third kappa shape index (κ3) is 5.49. The molecule has 1 amide bonds. The molecule has 1 N–H and O–H groups in total. The third-order valence-corrected chi connectivity index (χ3v) is 5.91. The smallest absolute Gasteiger partial charge is 0.254 e. The van der Waals surface area contributed by atoms with Gasteiger partial charge in [-0.25, -0.2) is 4.98 Å². The maximum Gasteiger partial charge on any atom is 0.254 e. The molecule has 0 fully saturated rings. The SMILES string of the molecule is CN(CCCNC(=O)c1cccnc1Sc1ccc2c(c1)OCCO2)c1ccccc1. The van der Waals surface area contributed by atoms with Gasteiger partial charge in [0.15, 0.2) is 11.5 Å². The highest BCUT2D eigenvalue weighted by Crippen LogP contribution is 2.37. The van der Waals surface area contributed by atoms with Gasteiger partial charge in [0.25, 0.3) is 5.91 Å². The normalized spacial score (nSPS) is 12.3. The first kappa shape index (κ1) is 21.1. The Labute approximate surface area is 186 Å². The molecule has 1 aromatic heterocycles. The summed E-state index contributed by atoms with van der Waals surface area (Å²) in [5.74, 6) is 1.35. The van der Waals surface area contributed by atoms with Crippen LogP contribution in [0.5, 0.6) is 11.5 Å². The zero-order valence-electron chi connectivity index (χ0n) is 17.4. The summed E-state index contributed by atoms with van der Waals surface area (Å²) in [7, 11) is 2.06. The molecule has 3 aromatic rings. The van der Waals surface area contributed by atoms with Crippen LogP contribution < -0.4 is 19.7 Å². The van der Waals surface area contributed by atoms with Crippen LogP contribution in [-0.4, -0.2) is 44.2 Å². The number of carbonyl (C=O) groups is 1. The van der Waals surface area contributed by atoms with Gasteiger partial charge >= 0.3 is 0 Å². The number of para-hydroxylation sites is 1. The maximum absolute atomic E-state index is 12.8. The summed E-state index contributed by atoms with van der Waals surface area (Å²) in [6.45, 7) is 2.55. The molecule has 2 aromatic carbocycles. The van der Waals surface area contributed by atoms with E-state index in [9.17, 15) is 4.79 Å². The second-order valence-electron chi connectivity index (χ2n) is 7.13. The first-order chi connectivity index (χ1) is 15.2. The predicted octanol–water partition coefficient (Wildman–Crippen LogP) is 4.26. The van der Waals surface area contributed by atoms with Crippen LogP contribution in [0.15, 0.2) is 76.8 Å². The van der Waals surface area contributed by atoms with E-state index >= 15 is 0 Å². The highest BCUT2D eigenvalue weighted by Gasteiger charge is 2.16. The molecule has 0 spiro atoms. The fourth-order valence-electron chi connectivity index (χ4n) is 3.27. The molecule has 1 aliphatic rings. The number of nitrogens with one attached hydrogen (secondary N) is 1. The van der Waals surface area contributed by atoms with Crippen molar-refractivity contribution in [2.75, 3.05) is 38.3 Å². The van der Waals surface area contributed by atoms with E-state index in [0.717, 1.165) is 29.4 Å². The van der Waals surface area contributed by atoms with Crippen molar-refractivity contribution in [3.05, 3.63) is 72.4 Å². The number of rotatable bonds is 8. The van der Waals surface area contributed by atoms with Crippen LogP contribution >= 0.6 is 11.8 Å². The fourth-order valence-corrected chi connectivity index (χ4v) is 4.18. The number of pyridine rings is 1. The zero-order valence-corrected chi connectivity index (χ0v) is 18.2. The number of amides is 1. The molecule has 31 heavy (non-hydrogen) atoms. The third-order valence-electron chi connectivity index (χ3n) is 4.90. The molecule has 1 aliphatic heterocycles. The molecular weight excluding hydrogens is 410 g/mol. The first-order valence-corrected chi connectivity index (χ1v) is 11.1. The van der Waals surface area contributed by atoms with Crippen molar-refractivity contribution in [2.45, 2.75) is 16.3 Å². The molecule has 160 valence electrons. The lowest BCUT2D eigenvalue weighted by Crippen LogP contribution is -2.28. The first-order valence-electron chi connectivity index (χ1n) is 10.3. The van der Waals surface area contributed by atoms with Gasteiger partial charge < -0.3 is 19.7 Å². The van der Waals surface area contributed by atoms with Crippen LogP contribution in [0.1, 0.15) is 16.8 Å². The second kappa shape index (κ2) is 10.2. The van der Waals surface area contributed by atoms with Gasteiger partial charge in [0.1, 0.15) is 18.2 Å². The fraction of sp³-hybridized carbons (Fsp3) is 0.250. The van der Waals surface area contributed by atoms with E-state index in [1.54, 1.807) is 18.3 Å². The number of carbonyl (C=O) groups excluding carboxylic acids is 1. The Kier molecular flexibility index (Phi) is 6.94. The number of anilines is 1. The zero-order chi connectivity index (χ0) is 21.5. The molecule has 0 saturated heterocycles. The van der Waals surface area contributed by atoms with E-state index in [2.05, 4.69) is 34.4 Å². The van der Waals surface area contributed by atoms with Crippen LogP contribution in [0.3, 0.4) is 0 Å². The Balaban J connectivity index is 1.34. The van der Waals surface area contributed by atoms with E-state index < -0.39 is 0 Å². The topological polar surface area (TPSA) is 63.7 Å². The van der Waals surface area contributed by atoms with E-state index in [0.29, 0.717) is 30.3 Å². The van der Waals surface area contributed by atoms with Crippen LogP contribution in [0.25, 0.3) is 0 Å². The van der Waals surface area contributed by atoms with E-state index in [4.69, 9.17) is 9.47 Å². The summed E-state index contributed by atoms with van der Waals surface area (Å²) < 4.78 is 11.2. The van der Waals surface area contributed by atoms with Crippen molar-refractivity contribution >= 4 is 23.4 Å². The van der Waals surface area contributed by atoms with Crippen molar-refractivity contribution in [1.82, 2.24) is 10.3 Å². The summed E-state index contributed by atoms with van der Waals surface area (Å²) in [4.78, 5) is 20.3. The molecular formula is C24H25N3O3S. The molecule has 4 rings (SSSR count). The Morgan fingerprint density at radius 3 is 2.71 bits per heavy atom. The summed E-state index contributed by atoms with van der Waals surface area (Å²) in [5, 5.41) is 3.68. The Morgan fingerprint density at radius 1 is 1.06 bits per heavy atom. The standard InChI is InChI=1S/C24H25N3O3S/c1-27(18-7-3-2-4-8-18)14-6-13-25-23(28)20-9-5-12-26-24(20)31-19-10-11-21-22(17-19)30-16-15-29-21/h2-5,7-12,17H,6,13-16H2,1H3,(H,25,28). The van der Waals surface area contributed by atoms with Gasteiger partial charge in [0.05, 0.1) is 5.56 Å². The Bertz CT molecular complexity index is 1030. The van der Waals surface area contributed by atoms with Gasteiger partial charge in [0.2, 0.25) is 0 Å². The quantitative estimate of drug-likeness (QED) is 0.534. The van der Waals surface area contributed by atoms with Crippen LogP contribution in [0.2, 0.25) is 0 Å². The summed E-state index contributed by atoms with van der Waals surface area (Å²) in [6, 6.07) is 19.6. The second-order valence-corrected chi connectivity index (χ2v) is 8.19. The lowest BCUT2D eigenvalue weighted by atomic mass is 10.2. The van der Waals surface area contributed by atoms with Crippen molar-refractivity contribution < 1.29 is 14.3 Å². The maximum atomic E-state index is 12.8. The average Bonchev–Trinajstić information content (AvgIpc) is 2.82. The average molecular weight is 436 g/mol. The number of ether oxygens (including phenoxy) is 2. The number of nitrogens with zero attached hydrogens (tertiary/aromatic N) is 2. The molecule has 0 saturated carbocycles. The van der Waals surface area contributed by atoms with E-state index in [1.165, 1.54) is 17.4 Å². The lowest BCUT2D eigenvalue weighted by Gasteiger charge is -2.19. The molecule has 0 aliphatic carbocycles. The highest BCUT2D eigenvalue weighted by molar-refractivity contribution is 7.99. The molecule has 0 bridgehead atoms. The van der Waals surface area contributed by atoms with E-state index in [1.807, 2.05) is 36.4 Å². The van der Waals surface area contributed by atoms with Gasteiger partial charge in [-0.15, -0.1) is 0 Å². The van der Waals surface area contributed by atoms with Crippen molar-refractivity contribution in [1.29, 1.82) is 0 Å². The summed E-state index contributed by atoms with van der Waals surface area (Å²) >= 11 is 1.44. The molecule has 6 nitrogen and oxygen atoms in total. The van der Waals surface area contributed by atoms with Gasteiger partial charge in [-0.05, 0) is 48.9 Å². The molecule has 7 heteroatoms. The van der Waals surface area contributed by atoms with Crippen molar-refractivity contribution in [3.8, 4) is 11.5 Å². The predicted molar refractivity (Wildman–Crippen MR) is 122 cm³/mol. The van der Waals surface area contributed by atoms with Gasteiger partial charge in [0, 0.05) is 36.9 Å². The summed E-state index contributed by atoms with van der Waals surface area (Å²) in [5.41, 5.74) is 1.73. The minimum absolute atomic E-state index is 0.115. The molecule has 0 unspecified atom stereocenters. The number of benzene rings is 2. The molecule has 2 heterocycles. The molecule has 0 radical (unpaired) electrons. The van der Waals surface area contributed by atoms with Crippen LogP contribution in [-0.2, 0) is 0 Å². The Morgan fingerprint density at radius 2 is 1.87 bits per heavy atom. The van der Waals surface area contributed by atoms with Crippen LogP contribution in [0.4, 0.5) is 5.69 Å². The van der Waals surface area contributed by atoms with Crippen LogP contribution in [0, 0.1) is 0 Å². The Hall–Kier alpha value is -3.19. The minimum atomic E-state index is -0.115. The highest BCUT2D eigenvalue weighted by atomic mass is 32.2. The summed E-state index contributed by atoms with van der Waals surface area (Å²) in [6.07, 6.45) is 2.55. The van der Waals surface area contributed by atoms with Crippen molar-refractivity contribution in [2.24, 2.45) is 0 Å². The van der Waals surface area contributed by atoms with Gasteiger partial charge in [-0.2, -0.15) is 0 Å². The van der Waals surface area contributed by atoms with Crippen molar-refractivity contribution in [3.63, 3.8) is 0 Å².